The van der Waals surface area contributed by atoms with E-state index in [0.717, 1.165) is 0 Å². The number of primary amides is 1. The summed E-state index contributed by atoms with van der Waals surface area (Å²) >= 11 is 3.25. The van der Waals surface area contributed by atoms with Crippen molar-refractivity contribution in [2.45, 2.75) is 30.7 Å². The van der Waals surface area contributed by atoms with Crippen molar-refractivity contribution in [2.75, 3.05) is 12.3 Å². The monoisotopic (exact) mass is 375 g/mol. The fourth-order valence-electron chi connectivity index (χ4n) is 2.50. The molecule has 0 aliphatic carbocycles. The van der Waals surface area contributed by atoms with Gasteiger partial charge in [-0.25, -0.2) is 8.42 Å². The van der Waals surface area contributed by atoms with Gasteiger partial charge in [0.15, 0.2) is 0 Å². The summed E-state index contributed by atoms with van der Waals surface area (Å²) in [5, 5.41) is 0. The molecule has 8 heteroatoms. The number of benzene rings is 1. The number of nitrogens with two attached hydrogens (primary N) is 2. The molecule has 0 aromatic heterocycles. The van der Waals surface area contributed by atoms with Gasteiger partial charge in [0.2, 0.25) is 15.9 Å². The Morgan fingerprint density at radius 2 is 2.05 bits per heavy atom. The second kappa shape index (κ2) is 5.94. The lowest BCUT2D eigenvalue weighted by atomic mass is 9.95. The van der Waals surface area contributed by atoms with E-state index in [-0.39, 0.29) is 23.2 Å². The summed E-state index contributed by atoms with van der Waals surface area (Å²) in [6.07, 6.45) is 1.21. The topological polar surface area (TPSA) is 106 Å². The SMILES string of the molecule is CC1CCC(C(N)=O)CN1S(=O)(=O)c1cc(Br)ccc1N. The molecular weight excluding hydrogens is 358 g/mol. The first-order chi connectivity index (χ1) is 9.73. The fourth-order valence-corrected chi connectivity index (χ4v) is 4.86. The lowest BCUT2D eigenvalue weighted by Gasteiger charge is -2.36. The first kappa shape index (κ1) is 16.3. The standard InChI is InChI=1S/C13H18BrN3O3S/c1-8-2-3-9(13(16)18)7-17(8)21(19,20)12-6-10(14)4-5-11(12)15/h4-6,8-9H,2-3,7,15H2,1H3,(H2,16,18). The first-order valence-electron chi connectivity index (χ1n) is 6.59. The van der Waals surface area contributed by atoms with Crippen LogP contribution in [0.5, 0.6) is 0 Å². The van der Waals surface area contributed by atoms with Crippen molar-refractivity contribution in [3.8, 4) is 0 Å². The number of nitrogens with zero attached hydrogens (tertiary/aromatic N) is 1. The Hall–Kier alpha value is -1.12. The molecular formula is C13H18BrN3O3S. The van der Waals surface area contributed by atoms with Crippen LogP contribution in [0.4, 0.5) is 5.69 Å². The Labute approximate surface area is 132 Å². The number of nitrogen functional groups attached to an aromatic ring is 1. The van der Waals surface area contributed by atoms with E-state index >= 15 is 0 Å². The van der Waals surface area contributed by atoms with Crippen LogP contribution in [0, 0.1) is 5.92 Å². The average Bonchev–Trinajstić information content (AvgIpc) is 2.41. The minimum absolute atomic E-state index is 0.0499. The Bertz CT molecular complexity index is 663. The normalized spacial score (nSPS) is 23.9. The summed E-state index contributed by atoms with van der Waals surface area (Å²) in [4.78, 5) is 11.4. The molecule has 2 unspecified atom stereocenters. The minimum Gasteiger partial charge on any atom is -0.398 e. The number of carbonyl (C=O) groups is 1. The number of hydrogen-bond donors (Lipinski definition) is 2. The molecule has 1 aliphatic heterocycles. The zero-order valence-corrected chi connectivity index (χ0v) is 14.0. The molecule has 116 valence electrons. The molecule has 1 aliphatic rings. The number of anilines is 1. The summed E-state index contributed by atoms with van der Waals surface area (Å²) in [5.74, 6) is -0.923. The molecule has 2 rings (SSSR count). The van der Waals surface area contributed by atoms with Gasteiger partial charge in [0.05, 0.1) is 11.6 Å². The van der Waals surface area contributed by atoms with Gasteiger partial charge >= 0.3 is 0 Å². The van der Waals surface area contributed by atoms with Gasteiger partial charge < -0.3 is 11.5 Å². The molecule has 0 saturated carbocycles. The van der Waals surface area contributed by atoms with Gasteiger partial charge in [0, 0.05) is 17.1 Å². The highest BCUT2D eigenvalue weighted by Gasteiger charge is 2.37. The van der Waals surface area contributed by atoms with E-state index in [4.69, 9.17) is 11.5 Å². The van der Waals surface area contributed by atoms with Crippen molar-refractivity contribution < 1.29 is 13.2 Å². The van der Waals surface area contributed by atoms with E-state index in [2.05, 4.69) is 15.9 Å². The maximum Gasteiger partial charge on any atom is 0.245 e. The number of piperidine rings is 1. The number of amides is 1. The zero-order valence-electron chi connectivity index (χ0n) is 11.6. The molecule has 1 heterocycles. The summed E-state index contributed by atoms with van der Waals surface area (Å²) in [6.45, 7) is 1.92. The number of halogens is 1. The van der Waals surface area contributed by atoms with Gasteiger partial charge in [-0.15, -0.1) is 0 Å². The van der Waals surface area contributed by atoms with Crippen LogP contribution in [0.3, 0.4) is 0 Å². The van der Waals surface area contributed by atoms with Crippen LogP contribution < -0.4 is 11.5 Å². The van der Waals surface area contributed by atoms with Gasteiger partial charge in [-0.05, 0) is 38.0 Å². The maximum atomic E-state index is 12.8. The quantitative estimate of drug-likeness (QED) is 0.776. The smallest absolute Gasteiger partial charge is 0.245 e. The Balaban J connectivity index is 2.42. The highest BCUT2D eigenvalue weighted by Crippen LogP contribution is 2.31. The Kier molecular flexibility index (Phi) is 4.60. The largest absolute Gasteiger partial charge is 0.398 e. The number of sulfonamides is 1. The zero-order chi connectivity index (χ0) is 15.8. The lowest BCUT2D eigenvalue weighted by molar-refractivity contribution is -0.123. The molecule has 1 saturated heterocycles. The van der Waals surface area contributed by atoms with E-state index in [1.807, 2.05) is 6.92 Å². The molecule has 6 nitrogen and oxygen atoms in total. The minimum atomic E-state index is -3.76. The van der Waals surface area contributed by atoms with Crippen LogP contribution in [0.1, 0.15) is 19.8 Å². The summed E-state index contributed by atoms with van der Waals surface area (Å²) in [5.41, 5.74) is 11.3. The molecule has 1 fully saturated rings. The van der Waals surface area contributed by atoms with E-state index < -0.39 is 21.8 Å². The van der Waals surface area contributed by atoms with Gasteiger partial charge in [-0.3, -0.25) is 4.79 Å². The molecule has 1 aromatic carbocycles. The number of rotatable bonds is 3. The van der Waals surface area contributed by atoms with E-state index in [9.17, 15) is 13.2 Å². The van der Waals surface area contributed by atoms with Crippen LogP contribution in [-0.2, 0) is 14.8 Å². The van der Waals surface area contributed by atoms with Crippen LogP contribution in [0.2, 0.25) is 0 Å². The summed E-state index contributed by atoms with van der Waals surface area (Å²) in [7, 11) is -3.76. The predicted octanol–water partition coefficient (Wildman–Crippen LogP) is 1.31. The Morgan fingerprint density at radius 3 is 2.67 bits per heavy atom. The van der Waals surface area contributed by atoms with Gasteiger partial charge in [-0.2, -0.15) is 4.31 Å². The number of carbonyl (C=O) groups excluding carboxylic acids is 1. The average molecular weight is 376 g/mol. The van der Waals surface area contributed by atoms with Crippen molar-refractivity contribution in [3.05, 3.63) is 22.7 Å². The molecule has 1 aromatic rings. The van der Waals surface area contributed by atoms with E-state index in [1.54, 1.807) is 6.07 Å². The second-order valence-corrected chi connectivity index (χ2v) is 8.06. The third-order valence-electron chi connectivity index (χ3n) is 3.79. The van der Waals surface area contributed by atoms with Gasteiger partial charge in [0.25, 0.3) is 0 Å². The Morgan fingerprint density at radius 1 is 1.38 bits per heavy atom. The predicted molar refractivity (Wildman–Crippen MR) is 83.8 cm³/mol. The van der Waals surface area contributed by atoms with Crippen LogP contribution in [0.15, 0.2) is 27.6 Å². The molecule has 2 atom stereocenters. The highest BCUT2D eigenvalue weighted by atomic mass is 79.9. The molecule has 0 spiro atoms. The van der Waals surface area contributed by atoms with Crippen LogP contribution in [0.25, 0.3) is 0 Å². The number of hydrogen-bond acceptors (Lipinski definition) is 4. The molecule has 21 heavy (non-hydrogen) atoms. The fraction of sp³-hybridized carbons (Fsp3) is 0.462. The van der Waals surface area contributed by atoms with Crippen molar-refractivity contribution in [3.63, 3.8) is 0 Å². The molecule has 4 N–H and O–H groups in total. The molecule has 0 radical (unpaired) electrons. The molecule has 1 amide bonds. The van der Waals surface area contributed by atoms with Crippen LogP contribution >= 0.6 is 15.9 Å². The van der Waals surface area contributed by atoms with Crippen LogP contribution in [-0.4, -0.2) is 31.2 Å². The van der Waals surface area contributed by atoms with Crippen molar-refractivity contribution in [1.29, 1.82) is 0 Å². The van der Waals surface area contributed by atoms with Gasteiger partial charge in [-0.1, -0.05) is 15.9 Å². The second-order valence-electron chi connectivity index (χ2n) is 5.28. The van der Waals surface area contributed by atoms with Crippen molar-refractivity contribution >= 4 is 37.5 Å². The maximum absolute atomic E-state index is 12.8. The van der Waals surface area contributed by atoms with Gasteiger partial charge in [0.1, 0.15) is 4.90 Å². The van der Waals surface area contributed by atoms with Crippen molar-refractivity contribution in [1.82, 2.24) is 4.31 Å². The third-order valence-corrected chi connectivity index (χ3v) is 6.32. The van der Waals surface area contributed by atoms with Crippen molar-refractivity contribution in [2.24, 2.45) is 11.7 Å². The lowest BCUT2D eigenvalue weighted by Crippen LogP contribution is -2.48. The first-order valence-corrected chi connectivity index (χ1v) is 8.83. The third kappa shape index (κ3) is 3.22. The summed E-state index contributed by atoms with van der Waals surface area (Å²) < 4.78 is 27.6. The van der Waals surface area contributed by atoms with E-state index in [1.165, 1.54) is 16.4 Å². The molecule has 0 bridgehead atoms. The summed E-state index contributed by atoms with van der Waals surface area (Å²) in [6, 6.07) is 4.51. The van der Waals surface area contributed by atoms with E-state index in [0.29, 0.717) is 17.3 Å². The highest BCUT2D eigenvalue weighted by molar-refractivity contribution is 9.10.